The summed E-state index contributed by atoms with van der Waals surface area (Å²) in [5, 5.41) is 3.48. The van der Waals surface area contributed by atoms with E-state index < -0.39 is 10.9 Å². The smallest absolute Gasteiger partial charge is 0.260 e. The van der Waals surface area contributed by atoms with Gasteiger partial charge < -0.3 is 4.74 Å². The summed E-state index contributed by atoms with van der Waals surface area (Å²) in [6.07, 6.45) is 0. The van der Waals surface area contributed by atoms with Crippen molar-refractivity contribution in [3.05, 3.63) is 24.3 Å². The van der Waals surface area contributed by atoms with Crippen molar-refractivity contribution in [1.82, 2.24) is 0 Å². The molecule has 0 aliphatic rings. The third kappa shape index (κ3) is 3.53. The summed E-state index contributed by atoms with van der Waals surface area (Å²) >= 11 is 0. The fourth-order valence-electron chi connectivity index (χ4n) is 0.864. The van der Waals surface area contributed by atoms with Gasteiger partial charge in [0.2, 0.25) is 0 Å². The summed E-state index contributed by atoms with van der Waals surface area (Å²) in [5.41, 5.74) is 0.479. The van der Waals surface area contributed by atoms with Crippen LogP contribution in [0.3, 0.4) is 0 Å². The molecular weight excluding hydrogens is 204 g/mol. The quantitative estimate of drug-likeness (QED) is 0.612. The van der Waals surface area contributed by atoms with Gasteiger partial charge in [0.1, 0.15) is 5.75 Å². The second kappa shape index (κ2) is 5.33. The van der Waals surface area contributed by atoms with Crippen LogP contribution in [0.4, 0.5) is 5.69 Å². The number of ether oxygens (including phenoxy) is 1. The van der Waals surface area contributed by atoms with Crippen molar-refractivity contribution in [2.24, 2.45) is 9.63 Å². The Kier molecular flexibility index (Phi) is 4.06. The maximum atomic E-state index is 10.1. The molecule has 0 amide bonds. The maximum Gasteiger partial charge on any atom is 0.260 e. The molecule has 0 spiro atoms. The van der Waals surface area contributed by atoms with Crippen LogP contribution in [0.15, 0.2) is 33.9 Å². The van der Waals surface area contributed by atoms with Crippen LogP contribution >= 0.6 is 0 Å². The molecule has 1 aromatic rings. The molecule has 76 valence electrons. The fraction of sp³-hybridized carbons (Fsp3) is 0.250. The Labute approximate surface area is 83.5 Å². The van der Waals surface area contributed by atoms with E-state index in [2.05, 4.69) is 9.63 Å². The minimum Gasteiger partial charge on any atom is -0.494 e. The number of thiol groups is 1. The highest BCUT2D eigenvalue weighted by Gasteiger charge is 1.92. The number of hydrogen-bond donors (Lipinski definition) is 1. The highest BCUT2D eigenvalue weighted by Crippen LogP contribution is 2.18. The van der Waals surface area contributed by atoms with E-state index in [0.717, 1.165) is 5.75 Å². The maximum absolute atomic E-state index is 10.1. The van der Waals surface area contributed by atoms with Crippen molar-refractivity contribution in [3.63, 3.8) is 0 Å². The fourth-order valence-corrected chi connectivity index (χ4v) is 1.04. The van der Waals surface area contributed by atoms with Crippen LogP contribution in [0.1, 0.15) is 6.92 Å². The third-order valence-electron chi connectivity index (χ3n) is 1.38. The summed E-state index contributed by atoms with van der Waals surface area (Å²) in [5.74, 6) is 0.720. The lowest BCUT2D eigenvalue weighted by atomic mass is 10.3. The first-order valence-electron chi connectivity index (χ1n) is 4.01. The number of hydrogen-bond acceptors (Lipinski definition) is 4. The zero-order chi connectivity index (χ0) is 10.4. The van der Waals surface area contributed by atoms with E-state index in [1.807, 2.05) is 6.92 Å². The first kappa shape index (κ1) is 10.6. The molecule has 0 aromatic heterocycles. The van der Waals surface area contributed by atoms with Gasteiger partial charge in [-0.2, -0.15) is 0 Å². The van der Waals surface area contributed by atoms with E-state index >= 15 is 0 Å². The first-order chi connectivity index (χ1) is 6.72. The lowest BCUT2D eigenvalue weighted by molar-refractivity contribution is 0.340. The molecule has 5 nitrogen and oxygen atoms in total. The van der Waals surface area contributed by atoms with Crippen LogP contribution in [0.5, 0.6) is 5.75 Å². The monoisotopic (exact) mass is 214 g/mol. The van der Waals surface area contributed by atoms with E-state index in [4.69, 9.17) is 4.74 Å². The highest BCUT2D eigenvalue weighted by atomic mass is 32.2. The van der Waals surface area contributed by atoms with Crippen molar-refractivity contribution in [2.45, 2.75) is 6.92 Å². The molecule has 0 heterocycles. The average Bonchev–Trinajstić information content (AvgIpc) is 2.17. The summed E-state index contributed by atoms with van der Waals surface area (Å²) in [6.45, 7) is 2.48. The zero-order valence-electron chi connectivity index (χ0n) is 7.58. The lowest BCUT2D eigenvalue weighted by Gasteiger charge is -2.00. The van der Waals surface area contributed by atoms with Gasteiger partial charge in [-0.3, -0.25) is 0 Å². The Morgan fingerprint density at radius 1 is 1.29 bits per heavy atom. The molecule has 0 aliphatic carbocycles. The number of nitrogens with zero attached hydrogens (tertiary/aromatic N) is 2. The van der Waals surface area contributed by atoms with Gasteiger partial charge in [0, 0.05) is 0 Å². The van der Waals surface area contributed by atoms with Crippen molar-refractivity contribution in [2.75, 3.05) is 6.61 Å². The second-order valence-electron chi connectivity index (χ2n) is 2.35. The normalized spacial score (nSPS) is 11.0. The molecule has 0 saturated carbocycles. The van der Waals surface area contributed by atoms with Crippen molar-refractivity contribution in [3.8, 4) is 5.75 Å². The molecule has 1 aromatic carbocycles. The van der Waals surface area contributed by atoms with Crippen molar-refractivity contribution < 1.29 is 13.2 Å². The molecule has 0 saturated heterocycles. The predicted octanol–water partition coefficient (Wildman–Crippen LogP) is 1.70. The van der Waals surface area contributed by atoms with Crippen LogP contribution in [-0.4, -0.2) is 15.0 Å². The van der Waals surface area contributed by atoms with Gasteiger partial charge in [-0.25, -0.2) is 8.42 Å². The molecule has 0 radical (unpaired) electrons. The first-order valence-corrected chi connectivity index (χ1v) is 5.14. The molecule has 6 heteroatoms. The summed E-state index contributed by atoms with van der Waals surface area (Å²) in [7, 11) is -2.81. The van der Waals surface area contributed by atoms with Crippen LogP contribution in [0.25, 0.3) is 0 Å². The third-order valence-corrected chi connectivity index (χ3v) is 1.62. The SMILES string of the molecule is CCOc1ccc(N=N[SH](=O)=O)cc1. The molecule has 0 unspecified atom stereocenters. The van der Waals surface area contributed by atoms with E-state index in [0.29, 0.717) is 12.3 Å². The van der Waals surface area contributed by atoms with Gasteiger partial charge >= 0.3 is 0 Å². The van der Waals surface area contributed by atoms with Crippen molar-refractivity contribution in [1.29, 1.82) is 0 Å². The number of benzene rings is 1. The molecular formula is C8H10N2O3S. The van der Waals surface area contributed by atoms with Gasteiger partial charge in [0.25, 0.3) is 10.9 Å². The largest absolute Gasteiger partial charge is 0.494 e. The van der Waals surface area contributed by atoms with E-state index in [1.54, 1.807) is 24.3 Å². The Hall–Kier alpha value is -1.43. The Morgan fingerprint density at radius 2 is 1.93 bits per heavy atom. The van der Waals surface area contributed by atoms with Gasteiger partial charge in [-0.1, -0.05) is 4.52 Å². The second-order valence-corrected chi connectivity index (χ2v) is 3.01. The lowest BCUT2D eigenvalue weighted by Crippen LogP contribution is -1.89. The highest BCUT2D eigenvalue weighted by molar-refractivity contribution is 7.70. The molecule has 0 aliphatic heterocycles. The molecule has 0 atom stereocenters. The Morgan fingerprint density at radius 3 is 2.43 bits per heavy atom. The predicted molar refractivity (Wildman–Crippen MR) is 52.4 cm³/mol. The van der Waals surface area contributed by atoms with E-state index in [-0.39, 0.29) is 0 Å². The van der Waals surface area contributed by atoms with Crippen LogP contribution < -0.4 is 4.74 Å². The van der Waals surface area contributed by atoms with Gasteiger partial charge in [0.05, 0.1) is 12.3 Å². The van der Waals surface area contributed by atoms with E-state index in [9.17, 15) is 8.42 Å². The minimum atomic E-state index is -2.81. The molecule has 0 N–H and O–H groups in total. The average molecular weight is 214 g/mol. The van der Waals surface area contributed by atoms with E-state index in [1.165, 1.54) is 0 Å². The number of rotatable bonds is 4. The van der Waals surface area contributed by atoms with Crippen LogP contribution in [0, 0.1) is 0 Å². The Bertz CT molecular complexity index is 376. The van der Waals surface area contributed by atoms with Crippen LogP contribution in [-0.2, 0) is 10.9 Å². The summed E-state index contributed by atoms with van der Waals surface area (Å²) in [6, 6.07) is 6.67. The molecule has 14 heavy (non-hydrogen) atoms. The van der Waals surface area contributed by atoms with Gasteiger partial charge in [0.15, 0.2) is 0 Å². The van der Waals surface area contributed by atoms with Gasteiger partial charge in [-0.15, -0.1) is 5.11 Å². The van der Waals surface area contributed by atoms with Crippen molar-refractivity contribution >= 4 is 16.6 Å². The topological polar surface area (TPSA) is 68.1 Å². The minimum absolute atomic E-state index is 0.479. The standard InChI is InChI=1S/C8H10N2O3S/c1-2-13-8-5-3-7(4-6-8)9-10-14(11)12/h3-6,14H,2H2,1H3. The van der Waals surface area contributed by atoms with Crippen LogP contribution in [0.2, 0.25) is 0 Å². The summed E-state index contributed by atoms with van der Waals surface area (Å²) in [4.78, 5) is 0. The zero-order valence-corrected chi connectivity index (χ0v) is 8.48. The molecule has 1 rings (SSSR count). The van der Waals surface area contributed by atoms with Gasteiger partial charge in [-0.05, 0) is 31.2 Å². The Balaban J connectivity index is 2.73. The molecule has 0 fully saturated rings. The summed E-state index contributed by atoms with van der Waals surface area (Å²) < 4.78 is 28.4. The molecule has 0 bridgehead atoms.